The fourth-order valence-electron chi connectivity index (χ4n) is 1.98. The van der Waals surface area contributed by atoms with Crippen LogP contribution in [0.5, 0.6) is 5.75 Å². The molecule has 0 aromatic heterocycles. The summed E-state index contributed by atoms with van der Waals surface area (Å²) in [5.41, 5.74) is 0. The minimum atomic E-state index is -1.60. The Labute approximate surface area is 124 Å². The second-order valence-electron chi connectivity index (χ2n) is 4.23. The van der Waals surface area contributed by atoms with Crippen molar-refractivity contribution in [2.24, 2.45) is 0 Å². The summed E-state index contributed by atoms with van der Waals surface area (Å²) in [6.45, 7) is 0. The lowest BCUT2D eigenvalue weighted by Crippen LogP contribution is -2.02. The minimum absolute atomic E-state index is 0.417. The molecule has 0 radical (unpaired) electrons. The van der Waals surface area contributed by atoms with Gasteiger partial charge in [-0.1, -0.05) is 60.1 Å². The molecule has 2 nitrogen and oxygen atoms in total. The molecule has 100 valence electrons. The summed E-state index contributed by atoms with van der Waals surface area (Å²) >= 11 is 4.41. The maximum Gasteiger partial charge on any atom is 0.241 e. The van der Waals surface area contributed by atoms with Crippen LogP contribution in [0.4, 0.5) is 0 Å². The van der Waals surface area contributed by atoms with Crippen molar-refractivity contribution in [2.45, 2.75) is 4.90 Å². The first-order valence-corrected chi connectivity index (χ1v) is 7.53. The van der Waals surface area contributed by atoms with E-state index < -0.39 is 11.1 Å². The van der Waals surface area contributed by atoms with E-state index in [1.165, 1.54) is 0 Å². The smallest absolute Gasteiger partial charge is 0.241 e. The van der Waals surface area contributed by atoms with E-state index in [1.807, 2.05) is 36.4 Å². The number of halogens is 1. The molecule has 20 heavy (non-hydrogen) atoms. The molecule has 0 aliphatic carbocycles. The molecule has 0 aliphatic heterocycles. The molecule has 1 atom stereocenters. The van der Waals surface area contributed by atoms with Crippen molar-refractivity contribution in [1.82, 2.24) is 0 Å². The first-order valence-electron chi connectivity index (χ1n) is 6.08. The largest absolute Gasteiger partial charge is 0.395 e. The molecule has 0 bridgehead atoms. The molecule has 0 N–H and O–H groups in total. The van der Waals surface area contributed by atoms with E-state index in [4.69, 9.17) is 15.8 Å². The van der Waals surface area contributed by atoms with Gasteiger partial charge in [0.25, 0.3) is 0 Å². The molecule has 0 amide bonds. The predicted octanol–water partition coefficient (Wildman–Crippen LogP) is 4.59. The van der Waals surface area contributed by atoms with E-state index in [-0.39, 0.29) is 0 Å². The monoisotopic (exact) mass is 302 g/mol. The van der Waals surface area contributed by atoms with Crippen LogP contribution in [0.1, 0.15) is 0 Å². The fraction of sp³-hybridized carbons (Fsp3) is 0. The quantitative estimate of drug-likeness (QED) is 0.707. The van der Waals surface area contributed by atoms with E-state index in [0.717, 1.165) is 10.8 Å². The van der Waals surface area contributed by atoms with Crippen LogP contribution >= 0.6 is 11.6 Å². The van der Waals surface area contributed by atoms with E-state index >= 15 is 0 Å². The van der Waals surface area contributed by atoms with Crippen LogP contribution in [0.15, 0.2) is 71.6 Å². The number of hydrogen-bond acceptors (Lipinski definition) is 2. The van der Waals surface area contributed by atoms with Crippen LogP contribution in [0, 0.1) is 0 Å². The van der Waals surface area contributed by atoms with Crippen LogP contribution in [0.25, 0.3) is 10.8 Å². The molecule has 3 aromatic carbocycles. The number of rotatable bonds is 3. The Kier molecular flexibility index (Phi) is 3.72. The Bertz CT molecular complexity index is 781. The van der Waals surface area contributed by atoms with Crippen molar-refractivity contribution >= 4 is 33.5 Å². The lowest BCUT2D eigenvalue weighted by Gasteiger charge is -2.08. The topological polar surface area (TPSA) is 26.3 Å². The summed E-state index contributed by atoms with van der Waals surface area (Å²) in [7, 11) is 0. The molecule has 0 spiro atoms. The SMILES string of the molecule is O=S(Oc1ccccc1Cl)c1cccc2ccccc12. The van der Waals surface area contributed by atoms with Gasteiger partial charge in [0.2, 0.25) is 11.1 Å². The lowest BCUT2D eigenvalue weighted by atomic mass is 10.1. The Morgan fingerprint density at radius 2 is 1.55 bits per heavy atom. The molecular formula is C16H11ClO2S. The van der Waals surface area contributed by atoms with Crippen molar-refractivity contribution in [3.05, 3.63) is 71.8 Å². The van der Waals surface area contributed by atoms with Gasteiger partial charge in [-0.15, -0.1) is 0 Å². The van der Waals surface area contributed by atoms with E-state index in [9.17, 15) is 4.21 Å². The maximum absolute atomic E-state index is 12.4. The second kappa shape index (κ2) is 5.65. The second-order valence-corrected chi connectivity index (χ2v) is 5.71. The molecule has 0 saturated carbocycles. The van der Waals surface area contributed by atoms with Gasteiger partial charge in [0.1, 0.15) is 0 Å². The maximum atomic E-state index is 12.4. The van der Waals surface area contributed by atoms with Crippen LogP contribution in [-0.4, -0.2) is 4.21 Å². The third-order valence-electron chi connectivity index (χ3n) is 2.93. The number of fused-ring (bicyclic) bond motifs is 1. The van der Waals surface area contributed by atoms with Gasteiger partial charge in [-0.25, -0.2) is 4.21 Å². The van der Waals surface area contributed by atoms with Crippen molar-refractivity contribution in [1.29, 1.82) is 0 Å². The lowest BCUT2D eigenvalue weighted by molar-refractivity contribution is 0.563. The van der Waals surface area contributed by atoms with Gasteiger partial charge in [0.05, 0.1) is 9.92 Å². The van der Waals surface area contributed by atoms with Crippen molar-refractivity contribution in [2.75, 3.05) is 0 Å². The molecule has 1 unspecified atom stereocenters. The van der Waals surface area contributed by atoms with E-state index in [1.54, 1.807) is 30.3 Å². The minimum Gasteiger partial charge on any atom is -0.395 e. The van der Waals surface area contributed by atoms with Gasteiger partial charge in [0, 0.05) is 5.39 Å². The first-order chi connectivity index (χ1) is 9.75. The summed E-state index contributed by atoms with van der Waals surface area (Å²) in [6, 6.07) is 20.4. The van der Waals surface area contributed by atoms with E-state index in [2.05, 4.69) is 0 Å². The third-order valence-corrected chi connectivity index (χ3v) is 4.29. The molecule has 0 fully saturated rings. The van der Waals surface area contributed by atoms with Gasteiger partial charge in [-0.05, 0) is 23.6 Å². The van der Waals surface area contributed by atoms with Crippen molar-refractivity contribution < 1.29 is 8.39 Å². The molecule has 0 heterocycles. The average molecular weight is 303 g/mol. The van der Waals surface area contributed by atoms with Gasteiger partial charge >= 0.3 is 0 Å². The standard InChI is InChI=1S/C16H11ClO2S/c17-14-9-3-4-10-15(14)19-20(18)16-11-5-7-12-6-1-2-8-13(12)16/h1-11H. The molecule has 3 rings (SSSR count). The zero-order valence-corrected chi connectivity index (χ0v) is 12.0. The van der Waals surface area contributed by atoms with E-state index in [0.29, 0.717) is 15.7 Å². The highest BCUT2D eigenvalue weighted by Gasteiger charge is 2.12. The normalized spacial score (nSPS) is 12.2. The highest BCUT2D eigenvalue weighted by molar-refractivity contribution is 7.80. The average Bonchev–Trinajstić information content (AvgIpc) is 2.49. The summed E-state index contributed by atoms with van der Waals surface area (Å²) in [6.07, 6.45) is 0. The summed E-state index contributed by atoms with van der Waals surface area (Å²) in [4.78, 5) is 0.642. The molecule has 0 saturated heterocycles. The summed E-state index contributed by atoms with van der Waals surface area (Å²) in [5.74, 6) is 0.417. The number of benzene rings is 3. The van der Waals surface area contributed by atoms with Crippen molar-refractivity contribution in [3.8, 4) is 5.75 Å². The van der Waals surface area contributed by atoms with Crippen LogP contribution in [0.3, 0.4) is 0 Å². The Morgan fingerprint density at radius 1 is 0.850 bits per heavy atom. The fourth-order valence-corrected chi connectivity index (χ4v) is 3.15. The zero-order valence-electron chi connectivity index (χ0n) is 10.5. The first kappa shape index (κ1) is 13.2. The molecule has 4 heteroatoms. The molecule has 3 aromatic rings. The Hall–Kier alpha value is -1.84. The van der Waals surface area contributed by atoms with Crippen LogP contribution < -0.4 is 4.18 Å². The number of para-hydroxylation sites is 1. The Balaban J connectivity index is 1.99. The highest BCUT2D eigenvalue weighted by Crippen LogP contribution is 2.27. The predicted molar refractivity (Wildman–Crippen MR) is 82.4 cm³/mol. The van der Waals surface area contributed by atoms with Gasteiger partial charge in [-0.3, -0.25) is 0 Å². The number of hydrogen-bond donors (Lipinski definition) is 0. The zero-order chi connectivity index (χ0) is 13.9. The molecule has 0 aliphatic rings. The van der Waals surface area contributed by atoms with Crippen molar-refractivity contribution in [3.63, 3.8) is 0 Å². The molecular weight excluding hydrogens is 292 g/mol. The summed E-state index contributed by atoms with van der Waals surface area (Å²) in [5, 5.41) is 2.39. The van der Waals surface area contributed by atoms with Gasteiger partial charge < -0.3 is 4.18 Å². The third kappa shape index (κ3) is 2.55. The van der Waals surface area contributed by atoms with Crippen LogP contribution in [0.2, 0.25) is 5.02 Å². The van der Waals surface area contributed by atoms with Gasteiger partial charge in [0.15, 0.2) is 5.75 Å². The van der Waals surface area contributed by atoms with Crippen LogP contribution in [-0.2, 0) is 11.1 Å². The Morgan fingerprint density at radius 3 is 2.40 bits per heavy atom. The highest BCUT2D eigenvalue weighted by atomic mass is 35.5. The summed E-state index contributed by atoms with van der Waals surface area (Å²) < 4.78 is 17.9. The van der Waals surface area contributed by atoms with Gasteiger partial charge in [-0.2, -0.15) is 0 Å².